The van der Waals surface area contributed by atoms with Crippen LogP contribution in [0.15, 0.2) is 121 Å². The van der Waals surface area contributed by atoms with Crippen LogP contribution in [0.25, 0.3) is 0 Å². The maximum Gasteiger partial charge on any atom is 0.408 e. The number of alkyl carbamates (subject to hydrolysis) is 4. The molecule has 4 aromatic carbocycles. The van der Waals surface area contributed by atoms with E-state index in [2.05, 4.69) is 42.5 Å². The molecule has 0 aromatic heterocycles. The third kappa shape index (κ3) is 41.8. The number of halogens is 1. The Labute approximate surface area is 773 Å². The van der Waals surface area contributed by atoms with E-state index in [9.17, 15) is 76.6 Å². The predicted octanol–water partition coefficient (Wildman–Crippen LogP) is 11.8. The van der Waals surface area contributed by atoms with Crippen molar-refractivity contribution >= 4 is 83.5 Å². The molecule has 4 aliphatic rings. The highest BCUT2D eigenvalue weighted by Gasteiger charge is 2.49. The van der Waals surface area contributed by atoms with Gasteiger partial charge in [0.25, 0.3) is 0 Å². The van der Waals surface area contributed by atoms with Gasteiger partial charge in [0.2, 0.25) is 35.4 Å². The molecular formula is C98H146FN11O21. The normalized spacial score (nSPS) is 16.5. The number of aliphatic carboxylic acids is 1. The first-order valence-electron chi connectivity index (χ1n) is 46.2. The van der Waals surface area contributed by atoms with Crippen molar-refractivity contribution in [2.24, 2.45) is 35.3 Å². The van der Waals surface area contributed by atoms with Gasteiger partial charge < -0.3 is 91.6 Å². The fourth-order valence-corrected chi connectivity index (χ4v) is 15.0. The molecule has 11 N–H and O–H groups in total. The molecule has 2 aliphatic heterocycles. The first-order chi connectivity index (χ1) is 62.1. The smallest absolute Gasteiger partial charge is 0.408 e. The van der Waals surface area contributed by atoms with Crippen molar-refractivity contribution in [3.63, 3.8) is 0 Å². The maximum atomic E-state index is 14.4. The number of benzene rings is 4. The van der Waals surface area contributed by atoms with Gasteiger partial charge in [-0.2, -0.15) is 0 Å². The number of alkyl halides is 1. The average molecular weight is 1830 g/mol. The van der Waals surface area contributed by atoms with E-state index in [4.69, 9.17) is 35.5 Å². The molecule has 2 heterocycles. The number of unbranched alkanes of at least 4 members (excludes halogenated alkanes) is 2. The number of likely N-dealkylation sites (tertiary alicyclic amines) is 2. The van der Waals surface area contributed by atoms with Crippen molar-refractivity contribution in [2.45, 2.75) is 295 Å². The van der Waals surface area contributed by atoms with Gasteiger partial charge in [-0.3, -0.25) is 38.0 Å². The summed E-state index contributed by atoms with van der Waals surface area (Å²) in [5, 5.41) is 31.6. The Morgan fingerprint density at radius 1 is 0.443 bits per heavy atom. The van der Waals surface area contributed by atoms with Crippen molar-refractivity contribution in [3.8, 4) is 0 Å². The predicted molar refractivity (Wildman–Crippen MR) is 493 cm³/mol. The second-order valence-corrected chi connectivity index (χ2v) is 38.4. The summed E-state index contributed by atoms with van der Waals surface area (Å²) in [6.45, 7) is 25.7. The van der Waals surface area contributed by atoms with Gasteiger partial charge in [0.15, 0.2) is 5.78 Å². The number of carbonyl (C=O) groups is 14. The molecule has 0 radical (unpaired) electrons. The Morgan fingerprint density at radius 3 is 1.08 bits per heavy atom. The number of ether oxygens (including phenoxy) is 6. The van der Waals surface area contributed by atoms with E-state index in [1.165, 1.54) is 14.2 Å². The molecule has 0 bridgehead atoms. The minimum absolute atomic E-state index is 0.0441. The van der Waals surface area contributed by atoms with E-state index < -0.39 is 131 Å². The monoisotopic (exact) mass is 1830 g/mol. The van der Waals surface area contributed by atoms with Crippen LogP contribution in [0, 0.1) is 29.6 Å². The number of ketones is 1. The highest BCUT2D eigenvalue weighted by atomic mass is 19.1. The van der Waals surface area contributed by atoms with Crippen LogP contribution in [0.5, 0.6) is 0 Å². The van der Waals surface area contributed by atoms with Gasteiger partial charge in [-0.15, -0.1) is 0 Å². The SMILES string of the molecule is COC(=O)C1(NC(=O)OC(C)(C)C)CCN(C(=O)[C@@H](CCCCNC(=O)OC(C)(C)C)NC(=O)[C@H](CC(=O)[C@@H](Cc2ccccc2)NC(=O)[C@H](C)Cc2ccccc2)CC2CC2)CC1.COC(=O)C1(NC(=O)OC(C)(C)C)CCN(C(=O)[C@@H](CCCCNC(=O)OC(C)(C)C)NC(=O)[C@H](N)CC2CC2)CC1.C[C@H](Cc1ccccc1)C(=O)N[C@H](Cc1ccccc1)C(=O)O.[2H]CF. The van der Waals surface area contributed by atoms with E-state index in [0.29, 0.717) is 70.3 Å². The first kappa shape index (κ1) is 109. The Bertz CT molecular complexity index is 4330. The van der Waals surface area contributed by atoms with Gasteiger partial charge in [0.1, 0.15) is 51.6 Å². The molecule has 4 fully saturated rings. The van der Waals surface area contributed by atoms with Crippen LogP contribution in [-0.4, -0.2) is 223 Å². The topological polar surface area (TPSA) is 443 Å². The number of carbonyl (C=O) groups excluding carboxylic acids is 13. The summed E-state index contributed by atoms with van der Waals surface area (Å²) < 4.78 is 46.9. The van der Waals surface area contributed by atoms with Gasteiger partial charge >= 0.3 is 42.3 Å². The van der Waals surface area contributed by atoms with E-state index >= 15 is 0 Å². The minimum atomic E-state index is -1.43. The van der Waals surface area contributed by atoms with Gasteiger partial charge in [0.05, 0.1) is 34.8 Å². The van der Waals surface area contributed by atoms with Crippen LogP contribution in [-0.2, 0) is 102 Å². The number of carboxylic acid groups (broad SMARTS) is 1. The molecule has 0 unspecified atom stereocenters. The number of nitrogens with zero attached hydrogens (tertiary/aromatic N) is 2. The quantitative estimate of drug-likeness (QED) is 0.0112. The first-order valence-corrected chi connectivity index (χ1v) is 45.5. The standard InChI is InChI=1S/C49H71N5O10.C29H51N5O8.C19H21NO3.CH3F/c1-33(29-34-17-11-9-12-18-34)41(56)52-39(31-35-19-13-10-14-20-35)40(55)32-37(30-36-22-23-36)42(57)51-38(21-15-16-26-50-45(60)63-47(2,3)4)43(58)54-27-24-49(25-28-54,44(59)62-8)53-46(61)64-48(5,6)7;1-27(2,3)41-25(38)31-15-9-8-10-21(32-22(35)20(30)18-19-11-12-19)23(36)34-16-13-29(14-17-34,24(37)40-7)33-26(39)42-28(4,5)6;1-14(12-15-8-4-2-5-9-15)18(21)20-17(19(22)23)13-16-10-6-3-7-11-16;1-2/h9-14,17-20,33,36-39H,15-16,21-32H2,1-8H3,(H,50,60)(H,51,57)(H,52,56)(H,53,61);19-21H,8-18,30H2,1-7H3,(H,31,38)(H,32,35)(H,33,39);2-11,14,17H,12-13H2,1H3,(H,20,21)(H,22,23);1H3/t33-,37+,38-,39-;20-,21-;14-,17-;/m111./s1/i;;;1D. The molecule has 8 rings (SSSR count). The Kier molecular flexibility index (Phi) is 44.2. The summed E-state index contributed by atoms with van der Waals surface area (Å²) in [6.07, 6.45) is 6.82. The lowest BCUT2D eigenvalue weighted by atomic mass is 9.87. The number of methoxy groups -OCH3 is 2. The fraction of sp³-hybridized carbons (Fsp3) is 0.612. The van der Waals surface area contributed by atoms with Crippen LogP contribution in [0.1, 0.15) is 230 Å². The zero-order valence-corrected chi connectivity index (χ0v) is 79.6. The lowest BCUT2D eigenvalue weighted by molar-refractivity contribution is -0.153. The summed E-state index contributed by atoms with van der Waals surface area (Å²) in [5.74, 6) is -5.28. The number of carboxylic acids is 1. The molecule has 2 saturated carbocycles. The molecule has 2 saturated heterocycles. The number of nitrogens with two attached hydrogens (primary N) is 1. The lowest BCUT2D eigenvalue weighted by Gasteiger charge is -2.41. The Balaban J connectivity index is 0.000000385. The fourth-order valence-electron chi connectivity index (χ4n) is 15.0. The minimum Gasteiger partial charge on any atom is -0.480 e. The Hall–Kier alpha value is -11.3. The number of hydrogen-bond donors (Lipinski definition) is 10. The van der Waals surface area contributed by atoms with Crippen molar-refractivity contribution < 1.29 is 106 Å². The second kappa shape index (κ2) is 53.3. The Morgan fingerprint density at radius 2 is 0.748 bits per heavy atom. The summed E-state index contributed by atoms with van der Waals surface area (Å²) in [6, 6.07) is 33.8. The second-order valence-electron chi connectivity index (χ2n) is 38.4. The molecule has 4 aromatic rings. The molecule has 10 amide bonds. The number of nitrogens with one attached hydrogen (secondary N) is 8. The van der Waals surface area contributed by atoms with Crippen molar-refractivity contribution in [3.05, 3.63) is 144 Å². The number of amides is 10. The van der Waals surface area contributed by atoms with E-state index in [0.717, 1.165) is 47.9 Å². The molecule has 33 heteroatoms. The molecule has 726 valence electrons. The molecule has 2 aliphatic carbocycles. The number of hydrogen-bond acceptors (Lipinski definition) is 21. The number of Topliss-reactive ketones (excluding diaryl/α,β-unsaturated/α-hetero) is 1. The summed E-state index contributed by atoms with van der Waals surface area (Å²) in [4.78, 5) is 185. The molecule has 32 nitrogen and oxygen atoms in total. The zero-order chi connectivity index (χ0) is 98.2. The maximum absolute atomic E-state index is 14.4. The number of esters is 2. The highest BCUT2D eigenvalue weighted by molar-refractivity contribution is 5.96. The van der Waals surface area contributed by atoms with Crippen LogP contribution < -0.4 is 48.3 Å². The van der Waals surface area contributed by atoms with Gasteiger partial charge in [-0.25, -0.2) is 33.6 Å². The van der Waals surface area contributed by atoms with Crippen molar-refractivity contribution in [1.82, 2.24) is 52.3 Å². The summed E-state index contributed by atoms with van der Waals surface area (Å²) in [5.41, 5.74) is 4.32. The number of piperidine rings is 2. The van der Waals surface area contributed by atoms with Crippen LogP contribution in [0.2, 0.25) is 0 Å². The van der Waals surface area contributed by atoms with Crippen LogP contribution in [0.4, 0.5) is 23.6 Å². The molecule has 131 heavy (non-hydrogen) atoms. The largest absolute Gasteiger partial charge is 0.480 e. The summed E-state index contributed by atoms with van der Waals surface area (Å²) in [7, 11) is 1.47. The molecular weight excluding hydrogens is 1690 g/mol. The van der Waals surface area contributed by atoms with Crippen LogP contribution >= 0.6 is 0 Å². The van der Waals surface area contributed by atoms with E-state index in [1.54, 1.807) is 92.9 Å². The average Bonchev–Trinajstić information content (AvgIpc) is 0.827. The zero-order valence-electron chi connectivity index (χ0n) is 80.6. The summed E-state index contributed by atoms with van der Waals surface area (Å²) >= 11 is 0. The molecule has 8 atom stereocenters. The lowest BCUT2D eigenvalue weighted by Crippen LogP contribution is -2.63. The van der Waals surface area contributed by atoms with Gasteiger partial charge in [-0.05, 0) is 213 Å². The highest BCUT2D eigenvalue weighted by Crippen LogP contribution is 2.38. The van der Waals surface area contributed by atoms with E-state index in [1.807, 2.05) is 135 Å². The van der Waals surface area contributed by atoms with Crippen molar-refractivity contribution in [2.75, 3.05) is 60.6 Å². The van der Waals surface area contributed by atoms with Gasteiger partial charge in [0, 0.05) is 69.9 Å². The van der Waals surface area contributed by atoms with Gasteiger partial charge in [-0.1, -0.05) is 161 Å². The van der Waals surface area contributed by atoms with Crippen molar-refractivity contribution in [1.29, 1.82) is 0 Å². The third-order valence-corrected chi connectivity index (χ3v) is 22.2. The van der Waals surface area contributed by atoms with E-state index in [-0.39, 0.29) is 131 Å². The third-order valence-electron chi connectivity index (χ3n) is 22.2. The molecule has 0 spiro atoms. The van der Waals surface area contributed by atoms with Crippen LogP contribution in [0.3, 0.4) is 0 Å². The number of rotatable bonds is 40.